The summed E-state index contributed by atoms with van der Waals surface area (Å²) >= 11 is 0. The van der Waals surface area contributed by atoms with Crippen LogP contribution < -0.4 is 0 Å². The normalized spacial score (nSPS) is 10.8. The number of carbonyl (C=O) groups is 1. The number of fused-ring (bicyclic) bond motifs is 1. The minimum Gasteiger partial charge on any atom is -0.465 e. The van der Waals surface area contributed by atoms with Gasteiger partial charge in [0.25, 0.3) is 0 Å². The van der Waals surface area contributed by atoms with E-state index >= 15 is 0 Å². The molecule has 0 fully saturated rings. The maximum absolute atomic E-state index is 12.0. The molecular formula is C16H15N3O2. The predicted octanol–water partition coefficient (Wildman–Crippen LogP) is 2.90. The van der Waals surface area contributed by atoms with Crippen LogP contribution >= 0.6 is 0 Å². The Labute approximate surface area is 122 Å². The molecule has 3 aromatic rings. The first kappa shape index (κ1) is 13.3. The van der Waals surface area contributed by atoms with Gasteiger partial charge in [0.15, 0.2) is 5.65 Å². The van der Waals surface area contributed by atoms with Gasteiger partial charge in [-0.3, -0.25) is 0 Å². The lowest BCUT2D eigenvalue weighted by Crippen LogP contribution is -2.05. The smallest absolute Gasteiger partial charge is 0.338 e. The Morgan fingerprint density at radius 1 is 1.29 bits per heavy atom. The van der Waals surface area contributed by atoms with Crippen molar-refractivity contribution in [2.75, 3.05) is 7.11 Å². The highest BCUT2D eigenvalue weighted by atomic mass is 16.5. The molecule has 3 rings (SSSR count). The number of hydrogen-bond donors (Lipinski definition) is 0. The van der Waals surface area contributed by atoms with E-state index in [2.05, 4.69) is 10.1 Å². The summed E-state index contributed by atoms with van der Waals surface area (Å²) < 4.78 is 6.65. The number of methoxy groups -OCH3 is 1. The molecule has 0 saturated carbocycles. The molecule has 0 unspecified atom stereocenters. The summed E-state index contributed by atoms with van der Waals surface area (Å²) in [5.41, 5.74) is 2.87. The van der Waals surface area contributed by atoms with Crippen molar-refractivity contribution in [1.82, 2.24) is 14.8 Å². The summed E-state index contributed by atoms with van der Waals surface area (Å²) in [4.78, 5) is 16.7. The molecule has 0 spiro atoms. The molecular weight excluding hydrogens is 266 g/mol. The Hall–Kier alpha value is -2.69. The fourth-order valence-corrected chi connectivity index (χ4v) is 2.31. The van der Waals surface area contributed by atoms with E-state index in [9.17, 15) is 4.79 Å². The van der Waals surface area contributed by atoms with Crippen molar-refractivity contribution in [1.29, 1.82) is 0 Å². The number of carbonyl (C=O) groups excluding carboxylic acids is 1. The summed E-state index contributed by atoms with van der Waals surface area (Å²) in [7, 11) is 1.38. The fourth-order valence-electron chi connectivity index (χ4n) is 2.31. The number of benzene rings is 1. The highest BCUT2D eigenvalue weighted by molar-refractivity contribution is 6.03. The Morgan fingerprint density at radius 3 is 2.71 bits per heavy atom. The van der Waals surface area contributed by atoms with Crippen LogP contribution in [0.5, 0.6) is 0 Å². The second-order valence-electron chi connectivity index (χ2n) is 4.61. The van der Waals surface area contributed by atoms with Crippen LogP contribution in [0.25, 0.3) is 22.3 Å². The maximum atomic E-state index is 12.0. The van der Waals surface area contributed by atoms with Crippen molar-refractivity contribution < 1.29 is 9.53 Å². The summed E-state index contributed by atoms with van der Waals surface area (Å²) in [6.07, 6.45) is 1.66. The van der Waals surface area contributed by atoms with Crippen LogP contribution in [-0.2, 0) is 11.3 Å². The number of nitrogens with zero attached hydrogens (tertiary/aromatic N) is 3. The van der Waals surface area contributed by atoms with Gasteiger partial charge in [0.2, 0.25) is 0 Å². The molecule has 0 saturated heterocycles. The highest BCUT2D eigenvalue weighted by Gasteiger charge is 2.17. The Bertz CT molecular complexity index is 794. The standard InChI is InChI=1S/C16H15N3O2/c1-3-19-15-13(10-17-19)12(16(20)21-2)9-14(18-15)11-7-5-4-6-8-11/h4-10H,3H2,1-2H3. The quantitative estimate of drug-likeness (QED) is 0.693. The van der Waals surface area contributed by atoms with Gasteiger partial charge in [0, 0.05) is 12.1 Å². The van der Waals surface area contributed by atoms with E-state index < -0.39 is 0 Å². The minimum atomic E-state index is -0.379. The molecule has 0 aliphatic rings. The molecule has 0 radical (unpaired) electrons. The highest BCUT2D eigenvalue weighted by Crippen LogP contribution is 2.25. The summed E-state index contributed by atoms with van der Waals surface area (Å²) in [6, 6.07) is 11.5. The van der Waals surface area contributed by atoms with Crippen LogP contribution in [0.3, 0.4) is 0 Å². The van der Waals surface area contributed by atoms with Crippen molar-refractivity contribution in [3.05, 3.63) is 48.2 Å². The van der Waals surface area contributed by atoms with E-state index in [-0.39, 0.29) is 5.97 Å². The number of ether oxygens (including phenoxy) is 1. The van der Waals surface area contributed by atoms with Gasteiger partial charge in [0.1, 0.15) is 0 Å². The number of pyridine rings is 1. The zero-order valence-corrected chi connectivity index (χ0v) is 11.9. The van der Waals surface area contributed by atoms with Crippen molar-refractivity contribution in [3.63, 3.8) is 0 Å². The molecule has 2 heterocycles. The van der Waals surface area contributed by atoms with Gasteiger partial charge in [0.05, 0.1) is 30.0 Å². The molecule has 2 aromatic heterocycles. The lowest BCUT2D eigenvalue weighted by atomic mass is 10.1. The van der Waals surface area contributed by atoms with E-state index in [1.807, 2.05) is 37.3 Å². The zero-order chi connectivity index (χ0) is 14.8. The second kappa shape index (κ2) is 5.36. The van der Waals surface area contributed by atoms with E-state index in [1.165, 1.54) is 7.11 Å². The average molecular weight is 281 g/mol. The van der Waals surface area contributed by atoms with Gasteiger partial charge in [-0.1, -0.05) is 30.3 Å². The van der Waals surface area contributed by atoms with E-state index in [4.69, 9.17) is 4.74 Å². The first-order valence-corrected chi connectivity index (χ1v) is 6.75. The first-order chi connectivity index (χ1) is 10.2. The molecule has 0 aliphatic carbocycles. The molecule has 21 heavy (non-hydrogen) atoms. The lowest BCUT2D eigenvalue weighted by molar-refractivity contribution is 0.0603. The van der Waals surface area contributed by atoms with E-state index in [0.717, 1.165) is 11.3 Å². The van der Waals surface area contributed by atoms with Crippen molar-refractivity contribution in [2.45, 2.75) is 13.5 Å². The minimum absolute atomic E-state index is 0.379. The summed E-state index contributed by atoms with van der Waals surface area (Å²) in [6.45, 7) is 2.68. The monoisotopic (exact) mass is 281 g/mol. The third-order valence-electron chi connectivity index (χ3n) is 3.38. The largest absolute Gasteiger partial charge is 0.465 e. The van der Waals surface area contributed by atoms with Gasteiger partial charge < -0.3 is 4.74 Å². The first-order valence-electron chi connectivity index (χ1n) is 6.75. The van der Waals surface area contributed by atoms with Crippen LogP contribution in [0.15, 0.2) is 42.6 Å². The fraction of sp³-hybridized carbons (Fsp3) is 0.188. The van der Waals surface area contributed by atoms with Crippen molar-refractivity contribution >= 4 is 17.0 Å². The Morgan fingerprint density at radius 2 is 2.05 bits per heavy atom. The molecule has 5 heteroatoms. The molecule has 106 valence electrons. The van der Waals surface area contributed by atoms with Crippen LogP contribution in [0.4, 0.5) is 0 Å². The third kappa shape index (κ3) is 2.27. The van der Waals surface area contributed by atoms with Crippen molar-refractivity contribution in [3.8, 4) is 11.3 Å². The van der Waals surface area contributed by atoms with Crippen molar-refractivity contribution in [2.24, 2.45) is 0 Å². The molecule has 0 aliphatic heterocycles. The van der Waals surface area contributed by atoms with E-state index in [1.54, 1.807) is 16.9 Å². The number of hydrogen-bond acceptors (Lipinski definition) is 4. The number of aryl methyl sites for hydroxylation is 1. The van der Waals surface area contributed by atoms with Crippen LogP contribution in [0, 0.1) is 0 Å². The topological polar surface area (TPSA) is 57.0 Å². The number of rotatable bonds is 3. The predicted molar refractivity (Wildman–Crippen MR) is 80.0 cm³/mol. The average Bonchev–Trinajstić information content (AvgIpc) is 2.97. The maximum Gasteiger partial charge on any atom is 0.338 e. The number of esters is 1. The summed E-state index contributed by atoms with van der Waals surface area (Å²) in [5.74, 6) is -0.379. The van der Waals surface area contributed by atoms with Gasteiger partial charge >= 0.3 is 5.97 Å². The molecule has 0 N–H and O–H groups in total. The van der Waals surface area contributed by atoms with Gasteiger partial charge in [-0.25, -0.2) is 14.5 Å². The molecule has 1 aromatic carbocycles. The molecule has 0 bridgehead atoms. The van der Waals surface area contributed by atoms with Gasteiger partial charge in [-0.15, -0.1) is 0 Å². The zero-order valence-electron chi connectivity index (χ0n) is 11.9. The third-order valence-corrected chi connectivity index (χ3v) is 3.38. The Kier molecular flexibility index (Phi) is 3.39. The number of aromatic nitrogens is 3. The van der Waals surface area contributed by atoms with Crippen LogP contribution in [0.2, 0.25) is 0 Å². The van der Waals surface area contributed by atoms with Crippen LogP contribution in [-0.4, -0.2) is 27.8 Å². The SMILES string of the molecule is CCn1ncc2c(C(=O)OC)cc(-c3ccccc3)nc21. The van der Waals surface area contributed by atoms with Gasteiger partial charge in [-0.05, 0) is 13.0 Å². The van der Waals surface area contributed by atoms with Gasteiger partial charge in [-0.2, -0.15) is 5.10 Å². The second-order valence-corrected chi connectivity index (χ2v) is 4.61. The molecule has 5 nitrogen and oxygen atoms in total. The molecule has 0 amide bonds. The van der Waals surface area contributed by atoms with Crippen LogP contribution in [0.1, 0.15) is 17.3 Å². The van der Waals surface area contributed by atoms with E-state index in [0.29, 0.717) is 23.1 Å². The summed E-state index contributed by atoms with van der Waals surface area (Å²) in [5, 5.41) is 4.98. The molecule has 0 atom stereocenters. The Balaban J connectivity index is 2.29. The lowest BCUT2D eigenvalue weighted by Gasteiger charge is -2.07.